The summed E-state index contributed by atoms with van der Waals surface area (Å²) in [6.07, 6.45) is 1.41. The minimum atomic E-state index is -0.574. The molecular weight excluding hydrogens is 343 g/mol. The van der Waals surface area contributed by atoms with E-state index in [1.165, 1.54) is 24.4 Å². The molecule has 1 N–H and O–H groups in total. The summed E-state index contributed by atoms with van der Waals surface area (Å²) in [5, 5.41) is 22.3. The molecule has 0 saturated heterocycles. The maximum atomic E-state index is 13.7. The summed E-state index contributed by atoms with van der Waals surface area (Å²) in [4.78, 5) is 14.3. The van der Waals surface area contributed by atoms with Gasteiger partial charge in [0.05, 0.1) is 16.6 Å². The first kappa shape index (κ1) is 14.9. The number of rotatable bonds is 4. The van der Waals surface area contributed by atoms with Gasteiger partial charge in [-0.25, -0.2) is 9.37 Å². The van der Waals surface area contributed by atoms with E-state index in [2.05, 4.69) is 26.2 Å². The molecule has 0 aliphatic heterocycles. The Kier molecular flexibility index (Phi) is 4.45. The van der Waals surface area contributed by atoms with Gasteiger partial charge in [0.1, 0.15) is 5.82 Å². The Hall–Kier alpha value is -2.53. The first-order chi connectivity index (χ1) is 10.0. The second kappa shape index (κ2) is 6.28. The van der Waals surface area contributed by atoms with Crippen LogP contribution in [-0.4, -0.2) is 9.91 Å². The summed E-state index contributed by atoms with van der Waals surface area (Å²) in [6.45, 7) is 0.0208. The number of hydrogen-bond acceptors (Lipinski definition) is 5. The molecule has 2 rings (SSSR count). The van der Waals surface area contributed by atoms with Crippen molar-refractivity contribution in [1.29, 1.82) is 5.26 Å². The lowest BCUT2D eigenvalue weighted by Gasteiger charge is -2.07. The third-order valence-corrected chi connectivity index (χ3v) is 3.09. The number of pyridine rings is 1. The van der Waals surface area contributed by atoms with E-state index < -0.39 is 10.7 Å². The second-order valence-corrected chi connectivity index (χ2v) is 4.97. The fraction of sp³-hybridized carbons (Fsp3) is 0.0769. The van der Waals surface area contributed by atoms with E-state index in [9.17, 15) is 14.5 Å². The van der Waals surface area contributed by atoms with Gasteiger partial charge in [-0.15, -0.1) is 0 Å². The molecular formula is C13H8BrFN4O2. The molecule has 106 valence electrons. The van der Waals surface area contributed by atoms with Gasteiger partial charge < -0.3 is 5.32 Å². The Morgan fingerprint density at radius 1 is 1.48 bits per heavy atom. The Balaban J connectivity index is 2.21. The highest BCUT2D eigenvalue weighted by Gasteiger charge is 2.16. The van der Waals surface area contributed by atoms with Crippen LogP contribution in [0.4, 0.5) is 15.9 Å². The quantitative estimate of drug-likeness (QED) is 0.674. The average molecular weight is 351 g/mol. The van der Waals surface area contributed by atoms with Crippen molar-refractivity contribution < 1.29 is 9.31 Å². The molecule has 0 radical (unpaired) electrons. The number of nitro groups is 1. The van der Waals surface area contributed by atoms with Crippen molar-refractivity contribution in [2.75, 3.05) is 5.32 Å². The lowest BCUT2D eigenvalue weighted by molar-refractivity contribution is -0.384. The summed E-state index contributed by atoms with van der Waals surface area (Å²) < 4.78 is 14.2. The van der Waals surface area contributed by atoms with Crippen molar-refractivity contribution >= 4 is 27.4 Å². The molecule has 6 nitrogen and oxygen atoms in total. The number of nitrogens with one attached hydrogen (secondary N) is 1. The first-order valence-electron chi connectivity index (χ1n) is 5.73. The lowest BCUT2D eigenvalue weighted by atomic mass is 10.1. The zero-order valence-corrected chi connectivity index (χ0v) is 12.1. The summed E-state index contributed by atoms with van der Waals surface area (Å²) in [6, 6.07) is 7.18. The smallest absolute Gasteiger partial charge is 0.312 e. The highest BCUT2D eigenvalue weighted by molar-refractivity contribution is 9.10. The molecule has 8 heteroatoms. The van der Waals surface area contributed by atoms with Crippen LogP contribution < -0.4 is 5.32 Å². The molecule has 0 aliphatic rings. The number of hydrogen-bond donors (Lipinski definition) is 1. The van der Waals surface area contributed by atoms with E-state index in [0.29, 0.717) is 4.47 Å². The number of halogens is 2. The van der Waals surface area contributed by atoms with E-state index in [0.717, 1.165) is 6.07 Å². The number of nitriles is 1. The molecule has 0 unspecified atom stereocenters. The predicted molar refractivity (Wildman–Crippen MR) is 77.0 cm³/mol. The summed E-state index contributed by atoms with van der Waals surface area (Å²) >= 11 is 3.10. The Morgan fingerprint density at radius 3 is 2.86 bits per heavy atom. The fourth-order valence-electron chi connectivity index (χ4n) is 1.64. The van der Waals surface area contributed by atoms with E-state index in [4.69, 9.17) is 5.26 Å². The highest BCUT2D eigenvalue weighted by Crippen LogP contribution is 2.25. The monoisotopic (exact) mass is 350 g/mol. The van der Waals surface area contributed by atoms with Crippen LogP contribution in [0.5, 0.6) is 0 Å². The van der Waals surface area contributed by atoms with Crippen molar-refractivity contribution in [2.45, 2.75) is 6.54 Å². The van der Waals surface area contributed by atoms with Gasteiger partial charge in [0.15, 0.2) is 0 Å². The molecule has 0 amide bonds. The minimum absolute atomic E-state index is 0.0208. The second-order valence-electron chi connectivity index (χ2n) is 4.05. The van der Waals surface area contributed by atoms with Crippen LogP contribution in [0, 0.1) is 27.3 Å². The highest BCUT2D eigenvalue weighted by atomic mass is 79.9. The van der Waals surface area contributed by atoms with Crippen LogP contribution in [0.3, 0.4) is 0 Å². The number of nitrogens with zero attached hydrogens (tertiary/aromatic N) is 3. The lowest BCUT2D eigenvalue weighted by Crippen LogP contribution is -2.06. The van der Waals surface area contributed by atoms with Gasteiger partial charge >= 0.3 is 5.69 Å². The van der Waals surface area contributed by atoms with Crippen molar-refractivity contribution in [3.05, 3.63) is 62.0 Å². The average Bonchev–Trinajstić information content (AvgIpc) is 2.46. The Morgan fingerprint density at radius 2 is 2.24 bits per heavy atom. The van der Waals surface area contributed by atoms with Gasteiger partial charge in [-0.3, -0.25) is 10.1 Å². The van der Waals surface area contributed by atoms with Crippen LogP contribution in [0.15, 0.2) is 34.9 Å². The first-order valence-corrected chi connectivity index (χ1v) is 6.53. The molecule has 1 heterocycles. The Labute approximate surface area is 127 Å². The van der Waals surface area contributed by atoms with Crippen LogP contribution in [0.1, 0.15) is 11.1 Å². The van der Waals surface area contributed by atoms with Gasteiger partial charge in [0.2, 0.25) is 5.82 Å². The van der Waals surface area contributed by atoms with Crippen LogP contribution >= 0.6 is 15.9 Å². The molecule has 1 aromatic heterocycles. The largest absolute Gasteiger partial charge is 0.360 e. The molecule has 2 aromatic rings. The van der Waals surface area contributed by atoms with Crippen molar-refractivity contribution in [2.24, 2.45) is 0 Å². The van der Waals surface area contributed by atoms with Crippen LogP contribution in [-0.2, 0) is 6.54 Å². The van der Waals surface area contributed by atoms with E-state index in [1.807, 2.05) is 6.07 Å². The molecule has 0 atom stereocenters. The van der Waals surface area contributed by atoms with Crippen LogP contribution in [0.25, 0.3) is 0 Å². The zero-order chi connectivity index (χ0) is 15.4. The van der Waals surface area contributed by atoms with Crippen LogP contribution in [0.2, 0.25) is 0 Å². The molecule has 0 bridgehead atoms. The fourth-order valence-corrected chi connectivity index (χ4v) is 1.96. The maximum Gasteiger partial charge on any atom is 0.312 e. The molecule has 0 aliphatic carbocycles. The Bertz CT molecular complexity index is 745. The predicted octanol–water partition coefficient (Wildman–Crippen LogP) is 3.38. The molecule has 0 fully saturated rings. The molecule has 1 aromatic carbocycles. The SMILES string of the molecule is N#Cc1ccc(CNc2ncc(Br)cc2[N+](=O)[O-])c(F)c1. The summed E-state index contributed by atoms with van der Waals surface area (Å²) in [5.41, 5.74) is 0.287. The third-order valence-electron chi connectivity index (χ3n) is 2.66. The van der Waals surface area contributed by atoms with Crippen molar-refractivity contribution in [3.8, 4) is 6.07 Å². The van der Waals surface area contributed by atoms with Gasteiger partial charge in [-0.05, 0) is 28.1 Å². The molecule has 0 saturated carbocycles. The zero-order valence-electron chi connectivity index (χ0n) is 10.5. The summed E-state index contributed by atoms with van der Waals surface area (Å²) in [7, 11) is 0. The van der Waals surface area contributed by atoms with Crippen molar-refractivity contribution in [1.82, 2.24) is 4.98 Å². The molecule has 0 spiro atoms. The van der Waals surface area contributed by atoms with Gasteiger partial charge in [-0.2, -0.15) is 5.26 Å². The number of anilines is 1. The van der Waals surface area contributed by atoms with Gasteiger partial charge in [0.25, 0.3) is 0 Å². The van der Waals surface area contributed by atoms with E-state index >= 15 is 0 Å². The van der Waals surface area contributed by atoms with E-state index in [1.54, 1.807) is 0 Å². The standard InChI is InChI=1S/C13H8BrFN4O2/c14-10-4-12(19(20)21)13(18-7-10)17-6-9-2-1-8(5-16)3-11(9)15/h1-4,7H,6H2,(H,17,18). The molecule has 21 heavy (non-hydrogen) atoms. The summed E-state index contributed by atoms with van der Waals surface area (Å²) in [5.74, 6) is -0.506. The third kappa shape index (κ3) is 3.52. The minimum Gasteiger partial charge on any atom is -0.360 e. The van der Waals surface area contributed by atoms with Gasteiger partial charge in [-0.1, -0.05) is 6.07 Å². The number of benzene rings is 1. The normalized spacial score (nSPS) is 9.95. The van der Waals surface area contributed by atoms with Crippen molar-refractivity contribution in [3.63, 3.8) is 0 Å². The topological polar surface area (TPSA) is 91.8 Å². The van der Waals surface area contributed by atoms with Gasteiger partial charge in [0, 0.05) is 28.8 Å². The maximum absolute atomic E-state index is 13.7. The van der Waals surface area contributed by atoms with E-state index in [-0.39, 0.29) is 29.2 Å². The number of aromatic nitrogens is 1.